The molecule has 4 N–H and O–H groups in total. The standard InChI is InChI=1S/C38H34N4O4/c43-19-1-21-45-31-11-3-25(4-12-31)37-33-15-7-27(39-33)23-29-9-17-35(41-29)38(26-5-13-32(14-6-26)46-22-2-20-44)36-18-10-30(42-36)24-28-8-16-34(37)40-28/h3-18,23-24,39,42-44H,1-2,19-22H2. The molecular formula is C38H34N4O4. The van der Waals surface area contributed by atoms with Gasteiger partial charge in [0.1, 0.15) is 11.5 Å². The maximum Gasteiger partial charge on any atom is 0.119 e. The summed E-state index contributed by atoms with van der Waals surface area (Å²) < 4.78 is 11.5. The summed E-state index contributed by atoms with van der Waals surface area (Å²) in [5.41, 5.74) is 11.1. The zero-order valence-corrected chi connectivity index (χ0v) is 25.2. The van der Waals surface area contributed by atoms with Crippen LogP contribution in [0.4, 0.5) is 0 Å². The molecule has 2 aliphatic rings. The number of hydrogen-bond donors (Lipinski definition) is 4. The Labute approximate surface area is 266 Å². The number of aromatic amines is 2. The molecule has 0 spiro atoms. The van der Waals surface area contributed by atoms with Crippen LogP contribution in [0.5, 0.6) is 11.5 Å². The third-order valence-corrected chi connectivity index (χ3v) is 7.83. The van der Waals surface area contributed by atoms with Gasteiger partial charge in [0, 0.05) is 59.2 Å². The largest absolute Gasteiger partial charge is 0.494 e. The van der Waals surface area contributed by atoms with E-state index >= 15 is 0 Å². The van der Waals surface area contributed by atoms with Gasteiger partial charge < -0.3 is 29.7 Å². The summed E-state index contributed by atoms with van der Waals surface area (Å²) in [5, 5.41) is 18.2. The molecule has 0 saturated heterocycles. The highest BCUT2D eigenvalue weighted by Gasteiger charge is 2.14. The van der Waals surface area contributed by atoms with E-state index in [1.165, 1.54) is 0 Å². The topological polar surface area (TPSA) is 116 Å². The summed E-state index contributed by atoms with van der Waals surface area (Å²) in [6.45, 7) is 1.14. The smallest absolute Gasteiger partial charge is 0.119 e. The average Bonchev–Trinajstić information content (AvgIpc) is 3.90. The van der Waals surface area contributed by atoms with Crippen LogP contribution >= 0.6 is 0 Å². The number of benzene rings is 2. The maximum atomic E-state index is 9.08. The Bertz CT molecular complexity index is 1920. The fourth-order valence-electron chi connectivity index (χ4n) is 5.63. The number of rotatable bonds is 10. The summed E-state index contributed by atoms with van der Waals surface area (Å²) in [7, 11) is 0. The lowest BCUT2D eigenvalue weighted by molar-refractivity contribution is 0.233. The van der Waals surface area contributed by atoms with Gasteiger partial charge in [0.2, 0.25) is 0 Å². The second-order valence-electron chi connectivity index (χ2n) is 11.1. The van der Waals surface area contributed by atoms with Crippen molar-refractivity contribution >= 4 is 46.4 Å². The van der Waals surface area contributed by atoms with Crippen molar-refractivity contribution in [1.82, 2.24) is 19.9 Å². The number of aliphatic hydroxyl groups excluding tert-OH is 2. The molecule has 8 bridgehead atoms. The lowest BCUT2D eigenvalue weighted by atomic mass is 10.0. The van der Waals surface area contributed by atoms with Crippen molar-refractivity contribution in [2.45, 2.75) is 12.8 Å². The van der Waals surface area contributed by atoms with Gasteiger partial charge in [-0.2, -0.15) is 0 Å². The summed E-state index contributed by atoms with van der Waals surface area (Å²) >= 11 is 0. The van der Waals surface area contributed by atoms with Crippen LogP contribution in [0.15, 0.2) is 84.9 Å². The van der Waals surface area contributed by atoms with Crippen molar-refractivity contribution in [3.63, 3.8) is 0 Å². The molecule has 0 atom stereocenters. The summed E-state index contributed by atoms with van der Waals surface area (Å²) in [5.74, 6) is 1.52. The number of aromatic nitrogens is 4. The average molecular weight is 611 g/mol. The molecule has 2 aromatic carbocycles. The Kier molecular flexibility index (Phi) is 8.45. The highest BCUT2D eigenvalue weighted by Crippen LogP contribution is 2.33. The van der Waals surface area contributed by atoms with Crippen molar-refractivity contribution in [1.29, 1.82) is 0 Å². The van der Waals surface area contributed by atoms with Crippen molar-refractivity contribution in [3.05, 3.63) is 108 Å². The molecule has 8 heteroatoms. The second-order valence-corrected chi connectivity index (χ2v) is 11.1. The second kappa shape index (κ2) is 13.3. The summed E-state index contributed by atoms with van der Waals surface area (Å²) in [4.78, 5) is 17.2. The van der Waals surface area contributed by atoms with Gasteiger partial charge in [-0.15, -0.1) is 0 Å². The van der Waals surface area contributed by atoms with Crippen LogP contribution in [-0.2, 0) is 0 Å². The first-order valence-electron chi connectivity index (χ1n) is 15.5. The van der Waals surface area contributed by atoms with Crippen molar-refractivity contribution in [2.24, 2.45) is 0 Å². The van der Waals surface area contributed by atoms with Gasteiger partial charge in [0.25, 0.3) is 0 Å². The number of nitrogens with zero attached hydrogens (tertiary/aromatic N) is 2. The van der Waals surface area contributed by atoms with Gasteiger partial charge in [-0.05, 0) is 96.1 Å². The molecule has 0 saturated carbocycles. The molecule has 0 fully saturated rings. The van der Waals surface area contributed by atoms with E-state index in [-0.39, 0.29) is 13.2 Å². The quantitative estimate of drug-likeness (QED) is 0.119. The number of hydrogen-bond acceptors (Lipinski definition) is 6. The lowest BCUT2D eigenvalue weighted by Gasteiger charge is -2.08. The first kappa shape index (κ1) is 29.3. The van der Waals surface area contributed by atoms with Crippen LogP contribution in [0.2, 0.25) is 0 Å². The fraction of sp³-hybridized carbons (Fsp3) is 0.158. The van der Waals surface area contributed by atoms with E-state index in [1.807, 2.05) is 85.0 Å². The van der Waals surface area contributed by atoms with Gasteiger partial charge >= 0.3 is 0 Å². The Morgan fingerprint density at radius 1 is 0.522 bits per heavy atom. The highest BCUT2D eigenvalue weighted by atomic mass is 16.5. The molecule has 5 heterocycles. The third kappa shape index (κ3) is 6.35. The molecule has 2 aliphatic heterocycles. The zero-order valence-electron chi connectivity index (χ0n) is 25.2. The van der Waals surface area contributed by atoms with Gasteiger partial charge in [-0.3, -0.25) is 0 Å². The number of ether oxygens (including phenoxy) is 2. The first-order valence-corrected chi connectivity index (χ1v) is 15.5. The van der Waals surface area contributed by atoms with Crippen molar-refractivity contribution in [3.8, 4) is 33.8 Å². The first-order chi connectivity index (χ1) is 22.7. The Morgan fingerprint density at radius 2 is 0.957 bits per heavy atom. The minimum Gasteiger partial charge on any atom is -0.494 e. The van der Waals surface area contributed by atoms with E-state index < -0.39 is 0 Å². The number of nitrogens with one attached hydrogen (secondary N) is 2. The Hall–Kier alpha value is -5.44. The van der Waals surface area contributed by atoms with Gasteiger partial charge in [-0.25, -0.2) is 9.97 Å². The Balaban J connectivity index is 1.37. The third-order valence-electron chi connectivity index (χ3n) is 7.83. The minimum absolute atomic E-state index is 0.103. The molecule has 0 unspecified atom stereocenters. The predicted molar refractivity (Wildman–Crippen MR) is 184 cm³/mol. The normalized spacial score (nSPS) is 12.0. The number of aliphatic hydroxyl groups is 2. The molecule has 5 aromatic rings. The van der Waals surface area contributed by atoms with Crippen molar-refractivity contribution < 1.29 is 19.7 Å². The van der Waals surface area contributed by atoms with Gasteiger partial charge in [-0.1, -0.05) is 24.3 Å². The van der Waals surface area contributed by atoms with E-state index in [9.17, 15) is 0 Å². The lowest BCUT2D eigenvalue weighted by Crippen LogP contribution is -1.99. The molecular weight excluding hydrogens is 576 g/mol. The fourth-order valence-corrected chi connectivity index (χ4v) is 5.63. The predicted octanol–water partition coefficient (Wildman–Crippen LogP) is 7.51. The zero-order chi connectivity index (χ0) is 31.3. The van der Waals surface area contributed by atoms with E-state index in [2.05, 4.69) is 34.2 Å². The van der Waals surface area contributed by atoms with Crippen LogP contribution in [0.25, 0.3) is 68.6 Å². The van der Waals surface area contributed by atoms with E-state index in [0.29, 0.717) is 26.1 Å². The molecule has 0 amide bonds. The molecule has 0 radical (unpaired) electrons. The molecule has 7 rings (SSSR count). The van der Waals surface area contributed by atoms with Gasteiger partial charge in [0.05, 0.1) is 36.0 Å². The monoisotopic (exact) mass is 610 g/mol. The molecule has 230 valence electrons. The van der Waals surface area contributed by atoms with E-state index in [0.717, 1.165) is 78.6 Å². The SMILES string of the molecule is OCCCOc1ccc(-c2c3nc(cc4ccc([nH]4)c(-c4ccc(OCCCO)cc4)c4nc(cc5ccc2[nH]5)C=C4)C=C3)cc1. The van der Waals surface area contributed by atoms with Crippen molar-refractivity contribution in [2.75, 3.05) is 26.4 Å². The minimum atomic E-state index is 0.103. The Morgan fingerprint density at radius 3 is 1.37 bits per heavy atom. The highest BCUT2D eigenvalue weighted by molar-refractivity contribution is 5.93. The van der Waals surface area contributed by atoms with Crippen LogP contribution in [-0.4, -0.2) is 56.6 Å². The van der Waals surface area contributed by atoms with E-state index in [4.69, 9.17) is 29.7 Å². The number of H-pyrrole nitrogens is 2. The van der Waals surface area contributed by atoms with Crippen LogP contribution in [0, 0.1) is 0 Å². The molecule has 46 heavy (non-hydrogen) atoms. The maximum absolute atomic E-state index is 9.08. The molecule has 8 nitrogen and oxygen atoms in total. The summed E-state index contributed by atoms with van der Waals surface area (Å²) in [6.07, 6.45) is 9.33. The number of fused-ring (bicyclic) bond motifs is 8. The van der Waals surface area contributed by atoms with Crippen LogP contribution < -0.4 is 9.47 Å². The summed E-state index contributed by atoms with van der Waals surface area (Å²) in [6, 6.07) is 28.3. The molecule has 3 aromatic heterocycles. The van der Waals surface area contributed by atoms with E-state index in [1.54, 1.807) is 0 Å². The van der Waals surface area contributed by atoms with Crippen LogP contribution in [0.3, 0.4) is 0 Å². The van der Waals surface area contributed by atoms with Crippen LogP contribution in [0.1, 0.15) is 35.6 Å². The molecule has 0 aliphatic carbocycles. The van der Waals surface area contributed by atoms with Gasteiger partial charge in [0.15, 0.2) is 0 Å².